The zero-order chi connectivity index (χ0) is 15.5. The Morgan fingerprint density at radius 2 is 1.67 bits per heavy atom. The fourth-order valence-corrected chi connectivity index (χ4v) is 3.55. The van der Waals surface area contributed by atoms with E-state index in [1.54, 1.807) is 4.90 Å². The predicted molar refractivity (Wildman–Crippen MR) is 78.4 cm³/mol. The minimum absolute atomic E-state index is 0.189. The first-order valence-electron chi connectivity index (χ1n) is 6.93. The van der Waals surface area contributed by atoms with E-state index >= 15 is 0 Å². The van der Waals surface area contributed by atoms with Crippen molar-refractivity contribution < 1.29 is 17.6 Å². The highest BCUT2D eigenvalue weighted by Gasteiger charge is 2.25. The largest absolute Gasteiger partial charge is 0.339 e. The van der Waals surface area contributed by atoms with Crippen molar-refractivity contribution in [3.8, 4) is 0 Å². The van der Waals surface area contributed by atoms with Crippen LogP contribution >= 0.6 is 10.7 Å². The maximum atomic E-state index is 13.4. The molecule has 0 spiro atoms. The Morgan fingerprint density at radius 1 is 1.10 bits per heavy atom. The molecule has 116 valence electrons. The first kappa shape index (κ1) is 16.2. The lowest BCUT2D eigenvalue weighted by Crippen LogP contribution is -2.34. The average molecular weight is 334 g/mol. The van der Waals surface area contributed by atoms with Gasteiger partial charge in [-0.25, -0.2) is 12.8 Å². The number of likely N-dealkylation sites (tertiary alicyclic amines) is 1. The summed E-state index contributed by atoms with van der Waals surface area (Å²) in [4.78, 5) is 13.8. The van der Waals surface area contributed by atoms with Crippen molar-refractivity contribution in [3.63, 3.8) is 0 Å². The molecule has 1 aromatic carbocycles. The van der Waals surface area contributed by atoms with Crippen molar-refractivity contribution in [2.45, 2.75) is 37.0 Å². The van der Waals surface area contributed by atoms with Crippen LogP contribution in [0.2, 0.25) is 0 Å². The lowest BCUT2D eigenvalue weighted by Gasteiger charge is -2.25. The van der Waals surface area contributed by atoms with Crippen LogP contribution in [0.5, 0.6) is 0 Å². The maximum Gasteiger partial charge on any atom is 0.262 e. The van der Waals surface area contributed by atoms with Crippen molar-refractivity contribution in [1.82, 2.24) is 4.90 Å². The van der Waals surface area contributed by atoms with Gasteiger partial charge in [0.2, 0.25) is 0 Å². The van der Waals surface area contributed by atoms with E-state index in [9.17, 15) is 17.6 Å². The van der Waals surface area contributed by atoms with Crippen LogP contribution in [0, 0.1) is 5.82 Å². The Kier molecular flexibility index (Phi) is 5.22. The normalized spacial score (nSPS) is 17.1. The quantitative estimate of drug-likeness (QED) is 0.781. The molecule has 0 bridgehead atoms. The Labute approximate surface area is 128 Å². The Morgan fingerprint density at radius 3 is 2.24 bits per heavy atom. The molecule has 4 nitrogen and oxygen atoms in total. The molecule has 1 fully saturated rings. The highest BCUT2D eigenvalue weighted by Crippen LogP contribution is 2.23. The van der Waals surface area contributed by atoms with Crippen LogP contribution in [0.25, 0.3) is 0 Å². The van der Waals surface area contributed by atoms with Gasteiger partial charge in [0.05, 0.1) is 10.5 Å². The molecule has 1 amide bonds. The van der Waals surface area contributed by atoms with Gasteiger partial charge in [0.25, 0.3) is 15.0 Å². The first-order chi connectivity index (χ1) is 9.89. The van der Waals surface area contributed by atoms with Crippen molar-refractivity contribution in [2.24, 2.45) is 0 Å². The second-order valence-corrected chi connectivity index (χ2v) is 7.67. The van der Waals surface area contributed by atoms with Crippen molar-refractivity contribution >= 4 is 25.6 Å². The van der Waals surface area contributed by atoms with Gasteiger partial charge in [-0.05, 0) is 31.0 Å². The van der Waals surface area contributed by atoms with Crippen molar-refractivity contribution in [3.05, 3.63) is 29.6 Å². The zero-order valence-electron chi connectivity index (χ0n) is 11.5. The van der Waals surface area contributed by atoms with Gasteiger partial charge >= 0.3 is 0 Å². The number of carbonyl (C=O) groups is 1. The third-order valence-corrected chi connectivity index (χ3v) is 4.96. The van der Waals surface area contributed by atoms with Gasteiger partial charge in [0, 0.05) is 23.8 Å². The number of nitrogens with zero attached hydrogens (tertiary/aromatic N) is 1. The minimum Gasteiger partial charge on any atom is -0.339 e. The Balaban J connectivity index is 2.35. The van der Waals surface area contributed by atoms with Gasteiger partial charge in [-0.1, -0.05) is 19.3 Å². The summed E-state index contributed by atoms with van der Waals surface area (Å²) in [6.45, 7) is 1.11. The summed E-state index contributed by atoms with van der Waals surface area (Å²) < 4.78 is 36.5. The second kappa shape index (κ2) is 6.75. The highest BCUT2D eigenvalue weighted by molar-refractivity contribution is 8.13. The van der Waals surface area contributed by atoms with E-state index in [0.717, 1.165) is 50.3 Å². The third-order valence-electron chi connectivity index (χ3n) is 3.58. The number of rotatable bonds is 2. The monoisotopic (exact) mass is 333 g/mol. The molecular weight excluding hydrogens is 317 g/mol. The molecule has 1 saturated heterocycles. The fraction of sp³-hybridized carbons (Fsp3) is 0.500. The summed E-state index contributed by atoms with van der Waals surface area (Å²) in [7, 11) is 1.24. The molecule has 0 atom stereocenters. The molecule has 21 heavy (non-hydrogen) atoms. The number of hydrogen-bond donors (Lipinski definition) is 0. The molecule has 1 aromatic rings. The molecule has 0 radical (unpaired) electrons. The van der Waals surface area contributed by atoms with E-state index < -0.39 is 20.8 Å². The number of hydrogen-bond acceptors (Lipinski definition) is 3. The van der Waals surface area contributed by atoms with Crippen LogP contribution in [0.15, 0.2) is 23.1 Å². The maximum absolute atomic E-state index is 13.4. The van der Waals surface area contributed by atoms with Crippen LogP contribution in [-0.4, -0.2) is 32.3 Å². The van der Waals surface area contributed by atoms with Gasteiger partial charge in [0.15, 0.2) is 0 Å². The lowest BCUT2D eigenvalue weighted by molar-refractivity contribution is 0.0738. The molecule has 0 N–H and O–H groups in total. The Hall–Kier alpha value is -1.14. The molecule has 1 aliphatic heterocycles. The third kappa shape index (κ3) is 4.17. The Bertz CT molecular complexity index is 625. The minimum atomic E-state index is -4.09. The van der Waals surface area contributed by atoms with E-state index in [2.05, 4.69) is 0 Å². The van der Waals surface area contributed by atoms with Crippen LogP contribution < -0.4 is 0 Å². The van der Waals surface area contributed by atoms with Crippen LogP contribution in [0.1, 0.15) is 42.5 Å². The van der Waals surface area contributed by atoms with E-state index in [-0.39, 0.29) is 10.5 Å². The van der Waals surface area contributed by atoms with Gasteiger partial charge in [-0.15, -0.1) is 0 Å². The molecule has 7 heteroatoms. The van der Waals surface area contributed by atoms with Gasteiger partial charge < -0.3 is 4.90 Å². The first-order valence-corrected chi connectivity index (χ1v) is 9.24. The molecular formula is C14H17ClFNO3S. The lowest BCUT2D eigenvalue weighted by atomic mass is 10.1. The van der Waals surface area contributed by atoms with Gasteiger partial charge in [0.1, 0.15) is 5.82 Å². The predicted octanol–water partition coefficient (Wildman–Crippen LogP) is 3.16. The molecule has 2 rings (SSSR count). The zero-order valence-corrected chi connectivity index (χ0v) is 13.1. The van der Waals surface area contributed by atoms with E-state index in [1.807, 2.05) is 0 Å². The van der Waals surface area contributed by atoms with E-state index in [0.29, 0.717) is 13.1 Å². The standard InChI is InChI=1S/C14H17ClFNO3S/c15-21(19,20)13-7-6-11(16)10-12(13)14(18)17-8-4-2-1-3-5-9-17/h6-7,10H,1-5,8-9H2. The molecule has 0 aliphatic carbocycles. The smallest absolute Gasteiger partial charge is 0.262 e. The molecule has 0 aromatic heterocycles. The summed E-state index contributed by atoms with van der Waals surface area (Å²) in [6.07, 6.45) is 4.94. The van der Waals surface area contributed by atoms with Gasteiger partial charge in [-0.2, -0.15) is 0 Å². The number of carbonyl (C=O) groups excluding carboxylic acids is 1. The topological polar surface area (TPSA) is 54.5 Å². The summed E-state index contributed by atoms with van der Waals surface area (Å²) in [5, 5.41) is 0. The average Bonchev–Trinajstić information content (AvgIpc) is 2.36. The summed E-state index contributed by atoms with van der Waals surface area (Å²) >= 11 is 0. The van der Waals surface area contributed by atoms with Gasteiger partial charge in [-0.3, -0.25) is 4.79 Å². The second-order valence-electron chi connectivity index (χ2n) is 5.14. The van der Waals surface area contributed by atoms with Crippen molar-refractivity contribution in [2.75, 3.05) is 13.1 Å². The highest BCUT2D eigenvalue weighted by atomic mass is 35.7. The van der Waals surface area contributed by atoms with Crippen LogP contribution in [0.4, 0.5) is 4.39 Å². The van der Waals surface area contributed by atoms with Crippen LogP contribution in [0.3, 0.4) is 0 Å². The molecule has 0 unspecified atom stereocenters. The molecule has 1 aliphatic rings. The van der Waals surface area contributed by atoms with Crippen LogP contribution in [-0.2, 0) is 9.05 Å². The summed E-state index contributed by atoms with van der Waals surface area (Å²) in [5.74, 6) is -1.13. The molecule has 1 heterocycles. The fourth-order valence-electron chi connectivity index (χ4n) is 2.50. The SMILES string of the molecule is O=C(c1cc(F)ccc1S(=O)(=O)Cl)N1CCCCCCC1. The summed E-state index contributed by atoms with van der Waals surface area (Å²) in [5.41, 5.74) is -0.189. The number of benzene rings is 1. The number of halogens is 2. The summed E-state index contributed by atoms with van der Waals surface area (Å²) in [6, 6.07) is 2.96. The van der Waals surface area contributed by atoms with Crippen molar-refractivity contribution in [1.29, 1.82) is 0 Å². The van der Waals surface area contributed by atoms with E-state index in [1.165, 1.54) is 0 Å². The van der Waals surface area contributed by atoms with E-state index in [4.69, 9.17) is 10.7 Å². The number of amides is 1. The molecule has 0 saturated carbocycles.